The number of para-hydroxylation sites is 1. The SMILES string of the molecule is CN(CC(=O)O)Cc1ccc2ccccc2n1. The fourth-order valence-corrected chi connectivity index (χ4v) is 1.76. The summed E-state index contributed by atoms with van der Waals surface area (Å²) in [6, 6.07) is 11.8. The monoisotopic (exact) mass is 230 g/mol. The Labute approximate surface area is 99.5 Å². The van der Waals surface area contributed by atoms with Crippen LogP contribution in [0.4, 0.5) is 0 Å². The molecule has 88 valence electrons. The Morgan fingerprint density at radius 3 is 2.82 bits per heavy atom. The molecule has 1 aromatic carbocycles. The molecule has 0 saturated heterocycles. The fraction of sp³-hybridized carbons (Fsp3) is 0.231. The van der Waals surface area contributed by atoms with Crippen LogP contribution >= 0.6 is 0 Å². The number of benzene rings is 1. The number of aliphatic carboxylic acids is 1. The maximum atomic E-state index is 10.6. The number of aromatic nitrogens is 1. The maximum absolute atomic E-state index is 10.6. The number of pyridine rings is 1. The number of rotatable bonds is 4. The number of likely N-dealkylation sites (N-methyl/N-ethyl adjacent to an activating group) is 1. The third kappa shape index (κ3) is 3.01. The minimum atomic E-state index is -0.826. The van der Waals surface area contributed by atoms with Gasteiger partial charge in [-0.15, -0.1) is 0 Å². The van der Waals surface area contributed by atoms with Crippen LogP contribution in [-0.2, 0) is 11.3 Å². The van der Waals surface area contributed by atoms with E-state index in [-0.39, 0.29) is 6.54 Å². The van der Waals surface area contributed by atoms with Gasteiger partial charge in [-0.1, -0.05) is 24.3 Å². The molecule has 0 fully saturated rings. The van der Waals surface area contributed by atoms with Gasteiger partial charge in [-0.05, 0) is 19.2 Å². The van der Waals surface area contributed by atoms with Gasteiger partial charge in [0, 0.05) is 11.9 Å². The molecule has 0 amide bonds. The molecule has 0 atom stereocenters. The summed E-state index contributed by atoms with van der Waals surface area (Å²) in [5, 5.41) is 9.77. The number of carbonyl (C=O) groups is 1. The Bertz CT molecular complexity index is 540. The largest absolute Gasteiger partial charge is 0.480 e. The zero-order valence-corrected chi connectivity index (χ0v) is 9.63. The third-order valence-corrected chi connectivity index (χ3v) is 2.49. The molecule has 2 rings (SSSR count). The van der Waals surface area contributed by atoms with Gasteiger partial charge in [0.2, 0.25) is 0 Å². The van der Waals surface area contributed by atoms with Crippen molar-refractivity contribution in [3.8, 4) is 0 Å². The van der Waals surface area contributed by atoms with Crippen LogP contribution in [0.15, 0.2) is 36.4 Å². The lowest BCUT2D eigenvalue weighted by molar-refractivity contribution is -0.138. The molecule has 0 bridgehead atoms. The lowest BCUT2D eigenvalue weighted by atomic mass is 10.2. The Balaban J connectivity index is 2.16. The summed E-state index contributed by atoms with van der Waals surface area (Å²) in [6.45, 7) is 0.561. The highest BCUT2D eigenvalue weighted by molar-refractivity contribution is 5.78. The molecule has 0 aliphatic heterocycles. The topological polar surface area (TPSA) is 53.4 Å². The highest BCUT2D eigenvalue weighted by Crippen LogP contribution is 2.12. The number of hydrogen-bond donors (Lipinski definition) is 1. The van der Waals surface area contributed by atoms with Gasteiger partial charge in [-0.2, -0.15) is 0 Å². The molecule has 1 heterocycles. The van der Waals surface area contributed by atoms with Gasteiger partial charge in [-0.3, -0.25) is 14.7 Å². The van der Waals surface area contributed by atoms with E-state index in [1.807, 2.05) is 36.4 Å². The van der Waals surface area contributed by atoms with Gasteiger partial charge in [0.05, 0.1) is 17.8 Å². The summed E-state index contributed by atoms with van der Waals surface area (Å²) < 4.78 is 0. The molecule has 0 spiro atoms. The van der Waals surface area contributed by atoms with Crippen molar-refractivity contribution in [3.63, 3.8) is 0 Å². The molecular weight excluding hydrogens is 216 g/mol. The minimum Gasteiger partial charge on any atom is -0.480 e. The molecule has 4 nitrogen and oxygen atoms in total. The Hall–Kier alpha value is -1.94. The van der Waals surface area contributed by atoms with Crippen molar-refractivity contribution in [2.24, 2.45) is 0 Å². The van der Waals surface area contributed by atoms with E-state index in [1.165, 1.54) is 0 Å². The summed E-state index contributed by atoms with van der Waals surface area (Å²) >= 11 is 0. The van der Waals surface area contributed by atoms with Gasteiger partial charge in [-0.25, -0.2) is 0 Å². The molecule has 0 aliphatic rings. The van der Waals surface area contributed by atoms with Crippen LogP contribution in [0.5, 0.6) is 0 Å². The number of carboxylic acid groups (broad SMARTS) is 1. The quantitative estimate of drug-likeness (QED) is 0.869. The summed E-state index contributed by atoms with van der Waals surface area (Å²) in [5.41, 5.74) is 1.82. The molecule has 0 aliphatic carbocycles. The lowest BCUT2D eigenvalue weighted by Gasteiger charge is -2.13. The van der Waals surface area contributed by atoms with Crippen LogP contribution < -0.4 is 0 Å². The molecule has 4 heteroatoms. The average molecular weight is 230 g/mol. The van der Waals surface area contributed by atoms with Crippen molar-refractivity contribution >= 4 is 16.9 Å². The zero-order valence-electron chi connectivity index (χ0n) is 9.63. The second-order valence-corrected chi connectivity index (χ2v) is 4.06. The average Bonchev–Trinajstić information content (AvgIpc) is 2.27. The lowest BCUT2D eigenvalue weighted by Crippen LogP contribution is -2.25. The summed E-state index contributed by atoms with van der Waals surface area (Å²) in [4.78, 5) is 16.8. The second-order valence-electron chi connectivity index (χ2n) is 4.06. The fourth-order valence-electron chi connectivity index (χ4n) is 1.76. The van der Waals surface area contributed by atoms with E-state index in [0.717, 1.165) is 16.6 Å². The summed E-state index contributed by atoms with van der Waals surface area (Å²) in [7, 11) is 1.77. The number of carboxylic acids is 1. The second kappa shape index (κ2) is 4.93. The van der Waals surface area contributed by atoms with Gasteiger partial charge < -0.3 is 5.11 Å². The van der Waals surface area contributed by atoms with Crippen molar-refractivity contribution in [3.05, 3.63) is 42.1 Å². The Morgan fingerprint density at radius 1 is 1.29 bits per heavy atom. The highest BCUT2D eigenvalue weighted by Gasteiger charge is 2.06. The standard InChI is InChI=1S/C13H14N2O2/c1-15(9-13(16)17)8-11-7-6-10-4-2-3-5-12(10)14-11/h2-7H,8-9H2,1H3,(H,16,17). The normalized spacial score (nSPS) is 10.9. The zero-order chi connectivity index (χ0) is 12.3. The molecule has 0 saturated carbocycles. The van der Waals surface area contributed by atoms with E-state index < -0.39 is 5.97 Å². The van der Waals surface area contributed by atoms with E-state index in [4.69, 9.17) is 5.11 Å². The third-order valence-electron chi connectivity index (χ3n) is 2.49. The number of fused-ring (bicyclic) bond motifs is 1. The van der Waals surface area contributed by atoms with Crippen LogP contribution in [0.2, 0.25) is 0 Å². The first-order valence-corrected chi connectivity index (χ1v) is 5.40. The smallest absolute Gasteiger partial charge is 0.317 e. The predicted molar refractivity (Wildman–Crippen MR) is 65.7 cm³/mol. The first-order valence-electron chi connectivity index (χ1n) is 5.40. The molecule has 0 radical (unpaired) electrons. The van der Waals surface area contributed by atoms with E-state index in [0.29, 0.717) is 6.54 Å². The Morgan fingerprint density at radius 2 is 2.06 bits per heavy atom. The van der Waals surface area contributed by atoms with Crippen molar-refractivity contribution in [1.82, 2.24) is 9.88 Å². The van der Waals surface area contributed by atoms with Gasteiger partial charge in [0.25, 0.3) is 0 Å². The molecular formula is C13H14N2O2. The van der Waals surface area contributed by atoms with Gasteiger partial charge in [0.1, 0.15) is 0 Å². The number of hydrogen-bond acceptors (Lipinski definition) is 3. The van der Waals surface area contributed by atoms with E-state index in [1.54, 1.807) is 11.9 Å². The Kier molecular flexibility index (Phi) is 3.35. The van der Waals surface area contributed by atoms with Crippen molar-refractivity contribution in [2.75, 3.05) is 13.6 Å². The van der Waals surface area contributed by atoms with E-state index in [2.05, 4.69) is 4.98 Å². The molecule has 2 aromatic rings. The van der Waals surface area contributed by atoms with Crippen molar-refractivity contribution in [2.45, 2.75) is 6.54 Å². The van der Waals surface area contributed by atoms with Crippen LogP contribution in [0.1, 0.15) is 5.69 Å². The molecule has 1 aromatic heterocycles. The summed E-state index contributed by atoms with van der Waals surface area (Å²) in [6.07, 6.45) is 0. The summed E-state index contributed by atoms with van der Waals surface area (Å²) in [5.74, 6) is -0.826. The van der Waals surface area contributed by atoms with Crippen LogP contribution in [0.3, 0.4) is 0 Å². The van der Waals surface area contributed by atoms with E-state index in [9.17, 15) is 4.79 Å². The van der Waals surface area contributed by atoms with Crippen molar-refractivity contribution < 1.29 is 9.90 Å². The first-order chi connectivity index (χ1) is 8.15. The molecule has 0 unspecified atom stereocenters. The van der Waals surface area contributed by atoms with Crippen molar-refractivity contribution in [1.29, 1.82) is 0 Å². The molecule has 1 N–H and O–H groups in total. The molecule has 17 heavy (non-hydrogen) atoms. The highest BCUT2D eigenvalue weighted by atomic mass is 16.4. The van der Waals surface area contributed by atoms with Crippen LogP contribution in [-0.4, -0.2) is 34.6 Å². The van der Waals surface area contributed by atoms with Gasteiger partial charge >= 0.3 is 5.97 Å². The van der Waals surface area contributed by atoms with E-state index >= 15 is 0 Å². The predicted octanol–water partition coefficient (Wildman–Crippen LogP) is 1.75. The first kappa shape index (κ1) is 11.5. The van der Waals surface area contributed by atoms with Crippen LogP contribution in [0, 0.1) is 0 Å². The van der Waals surface area contributed by atoms with Gasteiger partial charge in [0.15, 0.2) is 0 Å². The minimum absolute atomic E-state index is 0.0223. The number of nitrogens with zero attached hydrogens (tertiary/aromatic N) is 2. The maximum Gasteiger partial charge on any atom is 0.317 e. The van der Waals surface area contributed by atoms with Crippen LogP contribution in [0.25, 0.3) is 10.9 Å².